The Hall–Kier alpha value is -5.97. The molecule has 0 aliphatic heterocycles. The van der Waals surface area contributed by atoms with Gasteiger partial charge in [0.2, 0.25) is 0 Å². The topological polar surface area (TPSA) is 38.7 Å². The first-order valence-corrected chi connectivity index (χ1v) is 17.5. The number of thiophene rings is 1. The summed E-state index contributed by atoms with van der Waals surface area (Å²) in [5, 5.41) is 5.41. The van der Waals surface area contributed by atoms with Gasteiger partial charge in [-0.15, -0.1) is 11.3 Å². The zero-order valence-electron chi connectivity index (χ0n) is 26.5. The van der Waals surface area contributed by atoms with Crippen LogP contribution in [0.5, 0.6) is 0 Å². The van der Waals surface area contributed by atoms with Crippen LogP contribution in [0.15, 0.2) is 158 Å². The largest absolute Gasteiger partial charge is 0.208 e. The van der Waals surface area contributed by atoms with Crippen LogP contribution in [-0.2, 0) is 6.42 Å². The smallest absolute Gasteiger partial charge is 0.164 e. The van der Waals surface area contributed by atoms with Crippen LogP contribution in [-0.4, -0.2) is 15.0 Å². The SMILES string of the molecule is c1ccc(-c2nc(-c3ccccc3)nc(-c3ccc(C4Cc5ccccc5-c5c4c4ccccc4c4sc6ccccc6c54)cc3)n2)cc1. The Morgan fingerprint density at radius 1 is 0.469 bits per heavy atom. The molecule has 7 aromatic carbocycles. The standard InChI is InChI=1S/C45H29N3S/c1-3-13-29(14-4-1)43-46-44(30-15-5-2-6-16-30)48-45(47-43)31-25-23-28(24-26-31)37-27-32-17-7-8-18-33(32)40-39(37)34-19-9-10-20-35(34)42-41(40)36-21-11-12-22-38(36)49-42/h1-26,37H,27H2. The number of fused-ring (bicyclic) bond motifs is 10. The van der Waals surface area contributed by atoms with Gasteiger partial charge in [-0.25, -0.2) is 15.0 Å². The lowest BCUT2D eigenvalue weighted by molar-refractivity contribution is 0.802. The molecule has 49 heavy (non-hydrogen) atoms. The van der Waals surface area contributed by atoms with Gasteiger partial charge in [-0.3, -0.25) is 0 Å². The average molecular weight is 644 g/mol. The van der Waals surface area contributed by atoms with Crippen molar-refractivity contribution in [1.29, 1.82) is 0 Å². The van der Waals surface area contributed by atoms with Gasteiger partial charge in [0.05, 0.1) is 0 Å². The van der Waals surface area contributed by atoms with E-state index in [9.17, 15) is 0 Å². The molecule has 0 spiro atoms. The van der Waals surface area contributed by atoms with Crippen LogP contribution in [0.4, 0.5) is 0 Å². The lowest BCUT2D eigenvalue weighted by atomic mass is 9.72. The van der Waals surface area contributed by atoms with Gasteiger partial charge in [0.1, 0.15) is 0 Å². The molecular weight excluding hydrogens is 615 g/mol. The second-order valence-electron chi connectivity index (χ2n) is 12.7. The minimum Gasteiger partial charge on any atom is -0.208 e. The van der Waals surface area contributed by atoms with Crippen molar-refractivity contribution in [2.45, 2.75) is 12.3 Å². The van der Waals surface area contributed by atoms with Crippen LogP contribution in [0.1, 0.15) is 22.6 Å². The Morgan fingerprint density at radius 3 is 1.67 bits per heavy atom. The number of hydrogen-bond acceptors (Lipinski definition) is 4. The van der Waals surface area contributed by atoms with Gasteiger partial charge in [0, 0.05) is 42.8 Å². The summed E-state index contributed by atoms with van der Waals surface area (Å²) in [5.41, 5.74) is 9.78. The molecule has 1 aliphatic rings. The van der Waals surface area contributed by atoms with Gasteiger partial charge >= 0.3 is 0 Å². The second-order valence-corrected chi connectivity index (χ2v) is 13.8. The van der Waals surface area contributed by atoms with E-state index in [1.807, 2.05) is 72.0 Å². The van der Waals surface area contributed by atoms with E-state index in [0.29, 0.717) is 17.5 Å². The Morgan fingerprint density at radius 2 is 1.00 bits per heavy atom. The van der Waals surface area contributed by atoms with Crippen LogP contribution in [0.2, 0.25) is 0 Å². The average Bonchev–Trinajstić information content (AvgIpc) is 3.58. The molecule has 2 heterocycles. The number of aromatic nitrogens is 3. The monoisotopic (exact) mass is 643 g/mol. The van der Waals surface area contributed by atoms with Gasteiger partial charge in [0.15, 0.2) is 17.5 Å². The zero-order chi connectivity index (χ0) is 32.3. The molecule has 1 atom stereocenters. The first kappa shape index (κ1) is 28.1. The van der Waals surface area contributed by atoms with Crippen molar-refractivity contribution in [2.75, 3.05) is 0 Å². The second kappa shape index (κ2) is 11.3. The Labute approximate surface area is 288 Å². The number of benzene rings is 7. The normalized spacial score (nSPS) is 13.8. The zero-order valence-corrected chi connectivity index (χ0v) is 27.4. The molecule has 0 saturated heterocycles. The third-order valence-corrected chi connectivity index (χ3v) is 11.1. The van der Waals surface area contributed by atoms with E-state index in [2.05, 4.69) is 97.1 Å². The summed E-state index contributed by atoms with van der Waals surface area (Å²) in [7, 11) is 0. The van der Waals surface area contributed by atoms with Crippen molar-refractivity contribution in [3.63, 3.8) is 0 Å². The van der Waals surface area contributed by atoms with Crippen LogP contribution in [0.25, 0.3) is 76.2 Å². The van der Waals surface area contributed by atoms with Crippen molar-refractivity contribution < 1.29 is 0 Å². The maximum atomic E-state index is 4.98. The van der Waals surface area contributed by atoms with E-state index >= 15 is 0 Å². The Balaban J connectivity index is 1.16. The molecule has 0 amide bonds. The predicted molar refractivity (Wildman–Crippen MR) is 204 cm³/mol. The van der Waals surface area contributed by atoms with Crippen LogP contribution in [0, 0.1) is 0 Å². The highest BCUT2D eigenvalue weighted by Gasteiger charge is 2.31. The van der Waals surface area contributed by atoms with Crippen LogP contribution >= 0.6 is 11.3 Å². The summed E-state index contributed by atoms with van der Waals surface area (Å²) in [6.07, 6.45) is 0.947. The number of nitrogens with zero attached hydrogens (tertiary/aromatic N) is 3. The molecule has 2 aromatic heterocycles. The molecule has 1 aliphatic carbocycles. The molecule has 0 fully saturated rings. The molecule has 0 bridgehead atoms. The summed E-state index contributed by atoms with van der Waals surface area (Å²) < 4.78 is 2.71. The van der Waals surface area contributed by atoms with E-state index < -0.39 is 0 Å². The van der Waals surface area contributed by atoms with E-state index in [4.69, 9.17) is 15.0 Å². The number of hydrogen-bond donors (Lipinski definition) is 0. The molecule has 4 heteroatoms. The third-order valence-electron chi connectivity index (χ3n) is 9.91. The van der Waals surface area contributed by atoms with Gasteiger partial charge < -0.3 is 0 Å². The highest BCUT2D eigenvalue weighted by atomic mass is 32.1. The number of rotatable bonds is 4. The molecular formula is C45H29N3S. The van der Waals surface area contributed by atoms with Crippen molar-refractivity contribution in [2.24, 2.45) is 0 Å². The summed E-state index contributed by atoms with van der Waals surface area (Å²) in [4.78, 5) is 14.9. The lowest BCUT2D eigenvalue weighted by Gasteiger charge is -2.31. The highest BCUT2D eigenvalue weighted by molar-refractivity contribution is 7.26. The maximum absolute atomic E-state index is 4.98. The van der Waals surface area contributed by atoms with E-state index in [0.717, 1.165) is 23.1 Å². The fourth-order valence-electron chi connectivity index (χ4n) is 7.66. The van der Waals surface area contributed by atoms with E-state index in [1.165, 1.54) is 58.8 Å². The van der Waals surface area contributed by atoms with E-state index in [1.54, 1.807) is 0 Å². The Bertz CT molecular complexity index is 2620. The van der Waals surface area contributed by atoms with Gasteiger partial charge in [-0.05, 0) is 51.1 Å². The van der Waals surface area contributed by atoms with Gasteiger partial charge in [-0.1, -0.05) is 152 Å². The molecule has 0 radical (unpaired) electrons. The van der Waals surface area contributed by atoms with Crippen molar-refractivity contribution in [3.05, 3.63) is 174 Å². The molecule has 10 rings (SSSR count). The summed E-state index contributed by atoms with van der Waals surface area (Å²) >= 11 is 1.92. The minimum atomic E-state index is 0.199. The summed E-state index contributed by atoms with van der Waals surface area (Å²) in [6.45, 7) is 0. The molecule has 0 saturated carbocycles. The quantitative estimate of drug-likeness (QED) is 0.192. The molecule has 0 N–H and O–H groups in total. The maximum Gasteiger partial charge on any atom is 0.164 e. The Kier molecular flexibility index (Phi) is 6.49. The lowest BCUT2D eigenvalue weighted by Crippen LogP contribution is -2.13. The van der Waals surface area contributed by atoms with Crippen LogP contribution < -0.4 is 0 Å². The minimum absolute atomic E-state index is 0.199. The highest BCUT2D eigenvalue weighted by Crippen LogP contribution is 2.53. The predicted octanol–water partition coefficient (Wildman–Crippen LogP) is 11.7. The molecule has 3 nitrogen and oxygen atoms in total. The van der Waals surface area contributed by atoms with Crippen molar-refractivity contribution in [3.8, 4) is 45.3 Å². The van der Waals surface area contributed by atoms with Gasteiger partial charge in [0.25, 0.3) is 0 Å². The molecule has 1 unspecified atom stereocenters. The third kappa shape index (κ3) is 4.60. The summed E-state index contributed by atoms with van der Waals surface area (Å²) in [5.74, 6) is 2.21. The van der Waals surface area contributed by atoms with Crippen molar-refractivity contribution in [1.82, 2.24) is 15.0 Å². The molecule has 9 aromatic rings. The fourth-order valence-corrected chi connectivity index (χ4v) is 8.91. The first-order chi connectivity index (χ1) is 24.3. The van der Waals surface area contributed by atoms with Gasteiger partial charge in [-0.2, -0.15) is 0 Å². The first-order valence-electron chi connectivity index (χ1n) is 16.7. The van der Waals surface area contributed by atoms with Crippen LogP contribution in [0.3, 0.4) is 0 Å². The van der Waals surface area contributed by atoms with Crippen molar-refractivity contribution >= 4 is 42.3 Å². The summed E-state index contributed by atoms with van der Waals surface area (Å²) in [6, 6.07) is 56.2. The molecule has 230 valence electrons. The fraction of sp³-hybridized carbons (Fsp3) is 0.0444. The van der Waals surface area contributed by atoms with E-state index in [-0.39, 0.29) is 5.92 Å².